The Labute approximate surface area is 172 Å². The lowest BCUT2D eigenvalue weighted by atomic mass is 10.00. The minimum absolute atomic E-state index is 0.0266. The summed E-state index contributed by atoms with van der Waals surface area (Å²) in [5.74, 6) is -0.329. The third-order valence-electron chi connectivity index (χ3n) is 4.47. The number of ether oxygens (including phenoxy) is 2. The maximum atomic E-state index is 12.7. The number of hydrogen-bond donors (Lipinski definition) is 1. The van der Waals surface area contributed by atoms with E-state index < -0.39 is 23.4 Å². The lowest BCUT2D eigenvalue weighted by Gasteiger charge is -2.30. The first-order valence-electron chi connectivity index (χ1n) is 9.21. The third-order valence-corrected chi connectivity index (χ3v) is 4.47. The van der Waals surface area contributed by atoms with E-state index in [-0.39, 0.29) is 18.8 Å². The van der Waals surface area contributed by atoms with Crippen molar-refractivity contribution in [3.8, 4) is 5.75 Å². The van der Waals surface area contributed by atoms with Crippen LogP contribution in [0.25, 0.3) is 0 Å². The second-order valence-corrected chi connectivity index (χ2v) is 6.63. The minimum Gasteiger partial charge on any atom is -0.493 e. The van der Waals surface area contributed by atoms with Crippen molar-refractivity contribution in [2.24, 2.45) is 5.73 Å². The molecule has 4 nitrogen and oxygen atoms in total. The highest BCUT2D eigenvalue weighted by Gasteiger charge is 2.33. The van der Waals surface area contributed by atoms with E-state index in [1.54, 1.807) is 54.6 Å². The third kappa shape index (κ3) is 5.39. The molecule has 3 rings (SSSR count). The van der Waals surface area contributed by atoms with E-state index in [0.29, 0.717) is 11.1 Å². The molecule has 0 spiro atoms. The number of nitrogens with two attached hydrogens (primary N) is 1. The van der Waals surface area contributed by atoms with Crippen molar-refractivity contribution in [3.05, 3.63) is 102 Å². The SMILES string of the molecule is NC(CCOc1ccc(C(F)(F)F)cc1)(OC(=O)c1ccccc1)c1ccccc1. The predicted octanol–water partition coefficient (Wildman–Crippen LogP) is 5.14. The van der Waals surface area contributed by atoms with Crippen LogP contribution < -0.4 is 10.5 Å². The van der Waals surface area contributed by atoms with Crippen molar-refractivity contribution in [3.63, 3.8) is 0 Å². The van der Waals surface area contributed by atoms with E-state index >= 15 is 0 Å². The fourth-order valence-corrected chi connectivity index (χ4v) is 2.83. The number of rotatable bonds is 7. The average molecular weight is 415 g/mol. The molecule has 156 valence electrons. The van der Waals surface area contributed by atoms with Crippen LogP contribution in [0.15, 0.2) is 84.9 Å². The minimum atomic E-state index is -4.41. The van der Waals surface area contributed by atoms with E-state index in [0.717, 1.165) is 12.1 Å². The molecule has 0 saturated heterocycles. The molecule has 0 bridgehead atoms. The van der Waals surface area contributed by atoms with Gasteiger partial charge in [-0.1, -0.05) is 48.5 Å². The average Bonchev–Trinajstić information content (AvgIpc) is 2.75. The molecule has 0 aliphatic carbocycles. The van der Waals surface area contributed by atoms with Crippen LogP contribution in [0, 0.1) is 0 Å². The second-order valence-electron chi connectivity index (χ2n) is 6.63. The molecule has 0 aliphatic heterocycles. The van der Waals surface area contributed by atoms with E-state index in [1.165, 1.54) is 12.1 Å². The zero-order chi connectivity index (χ0) is 21.6. The Morgan fingerprint density at radius 2 is 1.37 bits per heavy atom. The normalized spacial score (nSPS) is 13.3. The van der Waals surface area contributed by atoms with Gasteiger partial charge in [-0.05, 0) is 36.4 Å². The van der Waals surface area contributed by atoms with Gasteiger partial charge in [0.15, 0.2) is 5.72 Å². The van der Waals surface area contributed by atoms with Crippen LogP contribution in [0.1, 0.15) is 27.9 Å². The molecule has 0 radical (unpaired) electrons. The van der Waals surface area contributed by atoms with Gasteiger partial charge in [0.2, 0.25) is 0 Å². The molecule has 7 heteroatoms. The van der Waals surface area contributed by atoms with Gasteiger partial charge in [0, 0.05) is 12.0 Å². The smallest absolute Gasteiger partial charge is 0.416 e. The van der Waals surface area contributed by atoms with Crippen LogP contribution in [-0.4, -0.2) is 12.6 Å². The molecule has 0 aliphatic rings. The van der Waals surface area contributed by atoms with E-state index in [2.05, 4.69) is 0 Å². The van der Waals surface area contributed by atoms with E-state index in [4.69, 9.17) is 15.2 Å². The molecule has 2 N–H and O–H groups in total. The zero-order valence-corrected chi connectivity index (χ0v) is 15.9. The van der Waals surface area contributed by atoms with Gasteiger partial charge in [0.1, 0.15) is 5.75 Å². The molecule has 0 amide bonds. The fourth-order valence-electron chi connectivity index (χ4n) is 2.83. The van der Waals surface area contributed by atoms with Crippen LogP contribution >= 0.6 is 0 Å². The first-order chi connectivity index (χ1) is 14.3. The zero-order valence-electron chi connectivity index (χ0n) is 15.9. The Balaban J connectivity index is 1.71. The quantitative estimate of drug-likeness (QED) is 0.429. The number of halogens is 3. The molecule has 3 aromatic rings. The Morgan fingerprint density at radius 1 is 0.800 bits per heavy atom. The number of carbonyl (C=O) groups excluding carboxylic acids is 1. The molecule has 3 aromatic carbocycles. The van der Waals surface area contributed by atoms with Crippen LogP contribution in [0.4, 0.5) is 13.2 Å². The standard InChI is InChI=1S/C23H20F3NO3/c24-23(25,26)19-11-13-20(14-12-19)29-16-15-22(27,18-9-5-2-6-10-18)30-21(28)17-7-3-1-4-8-17/h1-14H,15-16,27H2. The monoisotopic (exact) mass is 415 g/mol. The molecule has 0 heterocycles. The molecule has 1 atom stereocenters. The Morgan fingerprint density at radius 3 is 1.93 bits per heavy atom. The van der Waals surface area contributed by atoms with E-state index in [9.17, 15) is 18.0 Å². The topological polar surface area (TPSA) is 61.6 Å². The van der Waals surface area contributed by atoms with Crippen molar-refractivity contribution in [1.82, 2.24) is 0 Å². The van der Waals surface area contributed by atoms with Gasteiger partial charge in [-0.25, -0.2) is 4.79 Å². The van der Waals surface area contributed by atoms with Crippen LogP contribution in [-0.2, 0) is 16.6 Å². The van der Waals surface area contributed by atoms with Crippen molar-refractivity contribution >= 4 is 5.97 Å². The highest BCUT2D eigenvalue weighted by molar-refractivity contribution is 5.89. The summed E-state index contributed by atoms with van der Waals surface area (Å²) in [5.41, 5.74) is 5.13. The predicted molar refractivity (Wildman–Crippen MR) is 106 cm³/mol. The number of hydrogen-bond acceptors (Lipinski definition) is 4. The summed E-state index contributed by atoms with van der Waals surface area (Å²) >= 11 is 0. The molecule has 0 aromatic heterocycles. The summed E-state index contributed by atoms with van der Waals surface area (Å²) in [6, 6.07) is 21.6. The highest BCUT2D eigenvalue weighted by Crippen LogP contribution is 2.31. The second kappa shape index (κ2) is 9.00. The maximum absolute atomic E-state index is 12.7. The van der Waals surface area contributed by atoms with Crippen molar-refractivity contribution < 1.29 is 27.4 Å². The summed E-state index contributed by atoms with van der Waals surface area (Å²) in [4.78, 5) is 12.5. The highest BCUT2D eigenvalue weighted by atomic mass is 19.4. The molecular weight excluding hydrogens is 395 g/mol. The molecule has 0 fully saturated rings. The Kier molecular flexibility index (Phi) is 6.42. The summed E-state index contributed by atoms with van der Waals surface area (Å²) in [6.07, 6.45) is -4.32. The summed E-state index contributed by atoms with van der Waals surface area (Å²) in [6.45, 7) is 0.0266. The van der Waals surface area contributed by atoms with Crippen LogP contribution in [0.3, 0.4) is 0 Å². The van der Waals surface area contributed by atoms with Crippen molar-refractivity contribution in [2.75, 3.05) is 6.61 Å². The van der Waals surface area contributed by atoms with Crippen molar-refractivity contribution in [1.29, 1.82) is 0 Å². The lowest BCUT2D eigenvalue weighted by Crippen LogP contribution is -2.43. The van der Waals surface area contributed by atoms with Gasteiger partial charge in [-0.3, -0.25) is 5.73 Å². The largest absolute Gasteiger partial charge is 0.493 e. The molecule has 0 saturated carbocycles. The molecular formula is C23H20F3NO3. The fraction of sp³-hybridized carbons (Fsp3) is 0.174. The van der Waals surface area contributed by atoms with Gasteiger partial charge < -0.3 is 9.47 Å². The van der Waals surface area contributed by atoms with Gasteiger partial charge in [0.25, 0.3) is 0 Å². The van der Waals surface area contributed by atoms with Crippen LogP contribution in [0.5, 0.6) is 5.75 Å². The number of alkyl halides is 3. The van der Waals surface area contributed by atoms with Crippen molar-refractivity contribution in [2.45, 2.75) is 18.3 Å². The molecule has 30 heavy (non-hydrogen) atoms. The van der Waals surface area contributed by atoms with Gasteiger partial charge in [-0.2, -0.15) is 13.2 Å². The van der Waals surface area contributed by atoms with E-state index in [1.807, 2.05) is 6.07 Å². The lowest BCUT2D eigenvalue weighted by molar-refractivity contribution is -0.137. The summed E-state index contributed by atoms with van der Waals surface area (Å²) < 4.78 is 49.2. The first-order valence-corrected chi connectivity index (χ1v) is 9.21. The maximum Gasteiger partial charge on any atom is 0.416 e. The van der Waals surface area contributed by atoms with Gasteiger partial charge in [0.05, 0.1) is 17.7 Å². The first kappa shape index (κ1) is 21.4. The number of carbonyl (C=O) groups is 1. The molecule has 1 unspecified atom stereocenters. The Hall–Kier alpha value is -3.32. The van der Waals surface area contributed by atoms with Crippen LogP contribution in [0.2, 0.25) is 0 Å². The summed E-state index contributed by atoms with van der Waals surface area (Å²) in [7, 11) is 0. The van der Waals surface area contributed by atoms with Gasteiger partial charge in [-0.15, -0.1) is 0 Å². The summed E-state index contributed by atoms with van der Waals surface area (Å²) in [5, 5.41) is 0. The Bertz CT molecular complexity index is 960. The number of esters is 1. The number of benzene rings is 3. The van der Waals surface area contributed by atoms with Gasteiger partial charge >= 0.3 is 12.1 Å².